The van der Waals surface area contributed by atoms with Gasteiger partial charge in [-0.1, -0.05) is 6.07 Å². The Labute approximate surface area is 102 Å². The van der Waals surface area contributed by atoms with Crippen LogP contribution in [0, 0.1) is 10.1 Å². The first-order chi connectivity index (χ1) is 8.77. The molecule has 0 saturated carbocycles. The molecule has 0 aliphatic rings. The van der Waals surface area contributed by atoms with Gasteiger partial charge in [0.2, 0.25) is 5.82 Å². The first-order valence-corrected chi connectivity index (χ1v) is 5.07. The molecular formula is C11H9N5O2. The van der Waals surface area contributed by atoms with Crippen LogP contribution in [0.15, 0.2) is 47.8 Å². The van der Waals surface area contributed by atoms with Gasteiger partial charge in [0.15, 0.2) is 0 Å². The summed E-state index contributed by atoms with van der Waals surface area (Å²) in [6.07, 6.45) is 4.54. The minimum absolute atomic E-state index is 0.0923. The van der Waals surface area contributed by atoms with E-state index in [1.807, 2.05) is 6.07 Å². The lowest BCUT2D eigenvalue weighted by molar-refractivity contribution is -0.384. The number of nitro groups is 1. The molecule has 2 heterocycles. The van der Waals surface area contributed by atoms with E-state index >= 15 is 0 Å². The van der Waals surface area contributed by atoms with Crippen molar-refractivity contribution >= 4 is 17.7 Å². The van der Waals surface area contributed by atoms with Gasteiger partial charge in [-0.2, -0.15) is 5.10 Å². The monoisotopic (exact) mass is 243 g/mol. The van der Waals surface area contributed by atoms with Crippen LogP contribution in [0.3, 0.4) is 0 Å². The van der Waals surface area contributed by atoms with E-state index < -0.39 is 4.92 Å². The van der Waals surface area contributed by atoms with E-state index in [2.05, 4.69) is 20.5 Å². The summed E-state index contributed by atoms with van der Waals surface area (Å²) >= 11 is 0. The Morgan fingerprint density at radius 3 is 2.78 bits per heavy atom. The Hall–Kier alpha value is -2.83. The van der Waals surface area contributed by atoms with Crippen molar-refractivity contribution in [3.63, 3.8) is 0 Å². The third-order valence-electron chi connectivity index (χ3n) is 2.04. The van der Waals surface area contributed by atoms with Crippen molar-refractivity contribution in [1.82, 2.24) is 9.97 Å². The maximum atomic E-state index is 10.7. The molecule has 18 heavy (non-hydrogen) atoms. The van der Waals surface area contributed by atoms with E-state index in [9.17, 15) is 10.1 Å². The van der Waals surface area contributed by atoms with E-state index in [0.29, 0.717) is 5.69 Å². The van der Waals surface area contributed by atoms with Gasteiger partial charge in [-0.3, -0.25) is 20.5 Å². The molecule has 2 rings (SSSR count). The maximum absolute atomic E-state index is 10.7. The van der Waals surface area contributed by atoms with Crippen LogP contribution in [0.5, 0.6) is 0 Å². The first kappa shape index (κ1) is 11.6. The average molecular weight is 243 g/mol. The third-order valence-corrected chi connectivity index (χ3v) is 2.04. The van der Waals surface area contributed by atoms with E-state index in [0.717, 1.165) is 0 Å². The normalized spacial score (nSPS) is 10.4. The summed E-state index contributed by atoms with van der Waals surface area (Å²) in [5.41, 5.74) is 3.03. The second kappa shape index (κ2) is 5.48. The van der Waals surface area contributed by atoms with Gasteiger partial charge in [0, 0.05) is 18.5 Å². The molecule has 0 radical (unpaired) electrons. The Balaban J connectivity index is 2.11. The minimum Gasteiger partial charge on any atom is -0.258 e. The Kier molecular flexibility index (Phi) is 3.55. The van der Waals surface area contributed by atoms with Gasteiger partial charge in [-0.15, -0.1) is 0 Å². The second-order valence-electron chi connectivity index (χ2n) is 3.25. The van der Waals surface area contributed by atoms with Crippen molar-refractivity contribution in [2.24, 2.45) is 5.10 Å². The molecule has 0 aromatic carbocycles. The summed E-state index contributed by atoms with van der Waals surface area (Å²) in [4.78, 5) is 18.1. The summed E-state index contributed by atoms with van der Waals surface area (Å²) in [5.74, 6) is 0.0923. The molecular weight excluding hydrogens is 234 g/mol. The second-order valence-corrected chi connectivity index (χ2v) is 3.25. The Bertz CT molecular complexity index is 571. The van der Waals surface area contributed by atoms with Gasteiger partial charge in [-0.25, -0.2) is 4.98 Å². The van der Waals surface area contributed by atoms with Crippen LogP contribution >= 0.6 is 0 Å². The highest BCUT2D eigenvalue weighted by Crippen LogP contribution is 2.19. The van der Waals surface area contributed by atoms with E-state index in [4.69, 9.17) is 0 Å². The van der Waals surface area contributed by atoms with Crippen molar-refractivity contribution in [3.05, 3.63) is 58.5 Å². The quantitative estimate of drug-likeness (QED) is 0.502. The van der Waals surface area contributed by atoms with E-state index in [-0.39, 0.29) is 11.5 Å². The number of anilines is 1. The maximum Gasteiger partial charge on any atom is 0.313 e. The summed E-state index contributed by atoms with van der Waals surface area (Å²) in [6.45, 7) is 0. The van der Waals surface area contributed by atoms with Gasteiger partial charge >= 0.3 is 5.69 Å². The standard InChI is InChI=1S/C11H9N5O2/c17-16(18)10-5-3-7-13-11(10)15-14-8-9-4-1-2-6-12-9/h1-8H,(H,13,15). The van der Waals surface area contributed by atoms with Crippen LogP contribution in [0.25, 0.3) is 0 Å². The van der Waals surface area contributed by atoms with Crippen LogP contribution in [-0.2, 0) is 0 Å². The van der Waals surface area contributed by atoms with Crippen molar-refractivity contribution in [1.29, 1.82) is 0 Å². The number of hydrogen-bond donors (Lipinski definition) is 1. The van der Waals surface area contributed by atoms with Crippen molar-refractivity contribution in [3.8, 4) is 0 Å². The number of pyridine rings is 2. The molecule has 90 valence electrons. The van der Waals surface area contributed by atoms with Crippen LogP contribution in [-0.4, -0.2) is 21.1 Å². The SMILES string of the molecule is O=[N+]([O-])c1cccnc1NN=Cc1ccccn1. The molecule has 2 aromatic heterocycles. The predicted octanol–water partition coefficient (Wildman–Crippen LogP) is 1.83. The highest BCUT2D eigenvalue weighted by Gasteiger charge is 2.12. The lowest BCUT2D eigenvalue weighted by Crippen LogP contribution is -1.99. The number of aromatic nitrogens is 2. The number of rotatable bonds is 4. The molecule has 7 heteroatoms. The molecule has 0 amide bonds. The molecule has 0 aliphatic carbocycles. The number of hydrazone groups is 1. The number of nitrogens with one attached hydrogen (secondary N) is 1. The average Bonchev–Trinajstić information content (AvgIpc) is 2.40. The van der Waals surface area contributed by atoms with Crippen LogP contribution in [0.4, 0.5) is 11.5 Å². The Morgan fingerprint density at radius 2 is 2.06 bits per heavy atom. The zero-order chi connectivity index (χ0) is 12.8. The fourth-order valence-corrected chi connectivity index (χ4v) is 1.24. The molecule has 0 atom stereocenters. The number of hydrogen-bond acceptors (Lipinski definition) is 6. The minimum atomic E-state index is -0.522. The molecule has 0 bridgehead atoms. The molecule has 0 fully saturated rings. The summed E-state index contributed by atoms with van der Waals surface area (Å²) in [6, 6.07) is 8.21. The van der Waals surface area contributed by atoms with Crippen LogP contribution < -0.4 is 5.43 Å². The molecule has 0 aliphatic heterocycles. The smallest absolute Gasteiger partial charge is 0.258 e. The molecule has 0 spiro atoms. The molecule has 1 N–H and O–H groups in total. The van der Waals surface area contributed by atoms with Crippen molar-refractivity contribution in [2.75, 3.05) is 5.43 Å². The third kappa shape index (κ3) is 2.85. The summed E-state index contributed by atoms with van der Waals surface area (Å²) in [7, 11) is 0. The van der Waals surface area contributed by atoms with Gasteiger partial charge in [0.1, 0.15) is 0 Å². The van der Waals surface area contributed by atoms with Crippen LogP contribution in [0.1, 0.15) is 5.69 Å². The van der Waals surface area contributed by atoms with Crippen molar-refractivity contribution < 1.29 is 4.92 Å². The van der Waals surface area contributed by atoms with Crippen LogP contribution in [0.2, 0.25) is 0 Å². The fourth-order valence-electron chi connectivity index (χ4n) is 1.24. The van der Waals surface area contributed by atoms with Gasteiger partial charge in [0.25, 0.3) is 0 Å². The predicted molar refractivity (Wildman–Crippen MR) is 66.3 cm³/mol. The summed E-state index contributed by atoms with van der Waals surface area (Å²) in [5, 5.41) is 14.6. The molecule has 2 aromatic rings. The van der Waals surface area contributed by atoms with Crippen molar-refractivity contribution in [2.45, 2.75) is 0 Å². The molecule has 0 saturated heterocycles. The van der Waals surface area contributed by atoms with E-state index in [1.165, 1.54) is 24.5 Å². The molecule has 7 nitrogen and oxygen atoms in total. The van der Waals surface area contributed by atoms with Gasteiger partial charge in [-0.05, 0) is 18.2 Å². The topological polar surface area (TPSA) is 93.3 Å². The highest BCUT2D eigenvalue weighted by molar-refractivity contribution is 5.77. The Morgan fingerprint density at radius 1 is 1.22 bits per heavy atom. The lowest BCUT2D eigenvalue weighted by atomic mass is 10.4. The zero-order valence-electron chi connectivity index (χ0n) is 9.22. The summed E-state index contributed by atoms with van der Waals surface area (Å²) < 4.78 is 0. The van der Waals surface area contributed by atoms with E-state index in [1.54, 1.807) is 18.3 Å². The molecule has 0 unspecified atom stereocenters. The largest absolute Gasteiger partial charge is 0.313 e. The fraction of sp³-hybridized carbons (Fsp3) is 0. The first-order valence-electron chi connectivity index (χ1n) is 5.07. The highest BCUT2D eigenvalue weighted by atomic mass is 16.6. The zero-order valence-corrected chi connectivity index (χ0v) is 9.22. The van der Waals surface area contributed by atoms with Gasteiger partial charge in [0.05, 0.1) is 16.8 Å². The lowest BCUT2D eigenvalue weighted by Gasteiger charge is -1.99. The number of nitrogens with zero attached hydrogens (tertiary/aromatic N) is 4. The van der Waals surface area contributed by atoms with Gasteiger partial charge < -0.3 is 0 Å².